The van der Waals surface area contributed by atoms with Gasteiger partial charge in [-0.3, -0.25) is 4.90 Å². The molecule has 3 heterocycles. The van der Waals surface area contributed by atoms with E-state index in [9.17, 15) is 0 Å². The minimum Gasteiger partial charge on any atom is -0.493 e. The number of para-hydroxylation sites is 1. The summed E-state index contributed by atoms with van der Waals surface area (Å²) in [6.45, 7) is 5.80. The van der Waals surface area contributed by atoms with Gasteiger partial charge in [0, 0.05) is 31.1 Å². The molecular formula is C18H26N2O. The van der Waals surface area contributed by atoms with E-state index in [4.69, 9.17) is 4.74 Å². The third kappa shape index (κ3) is 2.58. The van der Waals surface area contributed by atoms with Gasteiger partial charge in [-0.05, 0) is 50.3 Å². The van der Waals surface area contributed by atoms with Crippen LogP contribution >= 0.6 is 0 Å². The third-order valence-corrected chi connectivity index (χ3v) is 5.62. The number of hydrogen-bond donors (Lipinski definition) is 1. The Kier molecular flexibility index (Phi) is 3.64. The Bertz CT molecular complexity index is 490. The molecular weight excluding hydrogens is 260 g/mol. The van der Waals surface area contributed by atoms with Crippen LogP contribution in [-0.2, 0) is 0 Å². The maximum absolute atomic E-state index is 5.84. The van der Waals surface area contributed by atoms with Crippen molar-refractivity contribution in [2.75, 3.05) is 32.8 Å². The summed E-state index contributed by atoms with van der Waals surface area (Å²) in [5, 5.41) is 3.64. The van der Waals surface area contributed by atoms with Crippen LogP contribution in [0.4, 0.5) is 0 Å². The molecule has 3 nitrogen and oxygen atoms in total. The zero-order valence-electron chi connectivity index (χ0n) is 12.8. The highest BCUT2D eigenvalue weighted by molar-refractivity contribution is 5.37. The van der Waals surface area contributed by atoms with Gasteiger partial charge < -0.3 is 10.1 Å². The van der Waals surface area contributed by atoms with Gasteiger partial charge in [-0.1, -0.05) is 18.2 Å². The highest BCUT2D eigenvalue weighted by Crippen LogP contribution is 2.42. The Hall–Kier alpha value is -1.06. The number of benzene rings is 1. The molecule has 2 fully saturated rings. The Morgan fingerprint density at radius 3 is 3.00 bits per heavy atom. The van der Waals surface area contributed by atoms with E-state index in [1.807, 2.05) is 0 Å². The smallest absolute Gasteiger partial charge is 0.124 e. The summed E-state index contributed by atoms with van der Waals surface area (Å²) in [6, 6.07) is 9.20. The molecule has 2 unspecified atom stereocenters. The number of ether oxygens (including phenoxy) is 1. The first kappa shape index (κ1) is 13.6. The normalized spacial score (nSPS) is 33.4. The van der Waals surface area contributed by atoms with Gasteiger partial charge in [0.15, 0.2) is 0 Å². The maximum Gasteiger partial charge on any atom is 0.124 e. The maximum atomic E-state index is 5.84. The molecule has 2 saturated heterocycles. The second-order valence-corrected chi connectivity index (χ2v) is 7.05. The van der Waals surface area contributed by atoms with Crippen molar-refractivity contribution in [1.82, 2.24) is 10.2 Å². The molecule has 0 radical (unpaired) electrons. The average Bonchev–Trinajstić information content (AvgIpc) is 2.55. The highest BCUT2D eigenvalue weighted by Gasteiger charge is 2.39. The monoisotopic (exact) mass is 286 g/mol. The van der Waals surface area contributed by atoms with Crippen LogP contribution in [0.5, 0.6) is 5.75 Å². The van der Waals surface area contributed by atoms with Crippen LogP contribution in [0.15, 0.2) is 24.3 Å². The minimum absolute atomic E-state index is 0.531. The predicted molar refractivity (Wildman–Crippen MR) is 84.6 cm³/mol. The summed E-state index contributed by atoms with van der Waals surface area (Å²) in [6.07, 6.45) is 6.64. The van der Waals surface area contributed by atoms with Gasteiger partial charge in [0.25, 0.3) is 0 Å². The summed E-state index contributed by atoms with van der Waals surface area (Å²) >= 11 is 0. The highest BCUT2D eigenvalue weighted by atomic mass is 16.5. The van der Waals surface area contributed by atoms with Crippen molar-refractivity contribution < 1.29 is 4.74 Å². The van der Waals surface area contributed by atoms with Crippen molar-refractivity contribution in [2.45, 2.75) is 38.1 Å². The summed E-state index contributed by atoms with van der Waals surface area (Å²) in [4.78, 5) is 2.75. The predicted octanol–water partition coefficient (Wildman–Crippen LogP) is 2.98. The van der Waals surface area contributed by atoms with Crippen molar-refractivity contribution in [3.05, 3.63) is 29.8 Å². The molecule has 4 rings (SSSR count). The number of nitrogens with zero attached hydrogens (tertiary/aromatic N) is 1. The summed E-state index contributed by atoms with van der Waals surface area (Å²) in [7, 11) is 0. The Balaban J connectivity index is 1.56. The molecule has 1 aromatic rings. The number of piperidine rings is 2. The number of fused-ring (bicyclic) bond motifs is 1. The molecule has 0 aromatic heterocycles. The fraction of sp³-hybridized carbons (Fsp3) is 0.667. The van der Waals surface area contributed by atoms with Crippen LogP contribution in [0.1, 0.15) is 43.7 Å². The van der Waals surface area contributed by atoms with Crippen LogP contribution in [0.25, 0.3) is 0 Å². The van der Waals surface area contributed by atoms with Crippen LogP contribution < -0.4 is 10.1 Å². The van der Waals surface area contributed by atoms with E-state index in [0.717, 1.165) is 18.8 Å². The summed E-state index contributed by atoms with van der Waals surface area (Å²) in [5.41, 5.74) is 1.94. The molecule has 1 N–H and O–H groups in total. The van der Waals surface area contributed by atoms with Gasteiger partial charge in [-0.25, -0.2) is 0 Å². The molecule has 2 atom stereocenters. The number of nitrogens with one attached hydrogen (secondary N) is 1. The lowest BCUT2D eigenvalue weighted by Gasteiger charge is -2.48. The molecule has 0 aliphatic carbocycles. The number of rotatable bonds is 1. The fourth-order valence-corrected chi connectivity index (χ4v) is 4.59. The van der Waals surface area contributed by atoms with E-state index < -0.39 is 0 Å². The van der Waals surface area contributed by atoms with Gasteiger partial charge >= 0.3 is 0 Å². The molecule has 0 bridgehead atoms. The molecule has 1 aromatic carbocycles. The molecule has 3 aliphatic rings. The van der Waals surface area contributed by atoms with E-state index >= 15 is 0 Å². The standard InChI is InChI=1S/C18H26N2O/c1-2-6-17-15(5-1)16(7-12-21-17)20-11-4-9-18(14-20)8-3-10-19-13-18/h1-2,5-6,16,19H,3-4,7-14H2. The van der Waals surface area contributed by atoms with Gasteiger partial charge in [0.05, 0.1) is 6.61 Å². The van der Waals surface area contributed by atoms with E-state index in [-0.39, 0.29) is 0 Å². The fourth-order valence-electron chi connectivity index (χ4n) is 4.59. The lowest BCUT2D eigenvalue weighted by Crippen LogP contribution is -2.52. The first-order valence-electron chi connectivity index (χ1n) is 8.53. The average molecular weight is 286 g/mol. The summed E-state index contributed by atoms with van der Waals surface area (Å²) in [5.74, 6) is 1.11. The Labute approximate surface area is 127 Å². The zero-order valence-corrected chi connectivity index (χ0v) is 12.8. The molecule has 3 heteroatoms. The van der Waals surface area contributed by atoms with E-state index in [1.165, 1.54) is 57.4 Å². The van der Waals surface area contributed by atoms with E-state index in [1.54, 1.807) is 0 Å². The van der Waals surface area contributed by atoms with Crippen LogP contribution in [-0.4, -0.2) is 37.7 Å². The van der Waals surface area contributed by atoms with Crippen molar-refractivity contribution in [2.24, 2.45) is 5.41 Å². The molecule has 1 spiro atoms. The lowest BCUT2D eigenvalue weighted by molar-refractivity contribution is 0.0244. The van der Waals surface area contributed by atoms with E-state index in [2.05, 4.69) is 34.5 Å². The molecule has 114 valence electrons. The van der Waals surface area contributed by atoms with Crippen molar-refractivity contribution >= 4 is 0 Å². The lowest BCUT2D eigenvalue weighted by atomic mass is 9.73. The second-order valence-electron chi connectivity index (χ2n) is 7.05. The van der Waals surface area contributed by atoms with Crippen LogP contribution in [0, 0.1) is 5.41 Å². The van der Waals surface area contributed by atoms with Crippen molar-refractivity contribution in [3.63, 3.8) is 0 Å². The third-order valence-electron chi connectivity index (χ3n) is 5.62. The van der Waals surface area contributed by atoms with Crippen LogP contribution in [0.3, 0.4) is 0 Å². The molecule has 21 heavy (non-hydrogen) atoms. The minimum atomic E-state index is 0.531. The van der Waals surface area contributed by atoms with Gasteiger partial charge in [0.2, 0.25) is 0 Å². The SMILES string of the molecule is c1ccc2c(c1)OCCC2N1CCCC2(CCCNC2)C1. The van der Waals surface area contributed by atoms with Crippen molar-refractivity contribution in [3.8, 4) is 5.75 Å². The van der Waals surface area contributed by atoms with E-state index in [0.29, 0.717) is 11.5 Å². The van der Waals surface area contributed by atoms with Gasteiger partial charge in [-0.15, -0.1) is 0 Å². The molecule has 3 aliphatic heterocycles. The summed E-state index contributed by atoms with van der Waals surface area (Å²) < 4.78 is 5.84. The first-order chi connectivity index (χ1) is 10.4. The first-order valence-corrected chi connectivity index (χ1v) is 8.53. The van der Waals surface area contributed by atoms with Crippen LogP contribution in [0.2, 0.25) is 0 Å². The van der Waals surface area contributed by atoms with Gasteiger partial charge in [0.1, 0.15) is 5.75 Å². The quantitative estimate of drug-likeness (QED) is 0.859. The number of hydrogen-bond acceptors (Lipinski definition) is 3. The van der Waals surface area contributed by atoms with Gasteiger partial charge in [-0.2, -0.15) is 0 Å². The topological polar surface area (TPSA) is 24.5 Å². The zero-order chi connectivity index (χ0) is 14.1. The second kappa shape index (κ2) is 5.62. The largest absolute Gasteiger partial charge is 0.493 e. The number of likely N-dealkylation sites (tertiary alicyclic amines) is 1. The van der Waals surface area contributed by atoms with Crippen molar-refractivity contribution in [1.29, 1.82) is 0 Å². The molecule has 0 saturated carbocycles. The Morgan fingerprint density at radius 1 is 1.19 bits per heavy atom. The molecule has 0 amide bonds. The Morgan fingerprint density at radius 2 is 2.10 bits per heavy atom.